The molecule has 1 N–H and O–H groups in total. The molecule has 0 spiro atoms. The van der Waals surface area contributed by atoms with Crippen LogP contribution in [0.2, 0.25) is 0 Å². The van der Waals surface area contributed by atoms with E-state index in [-0.39, 0.29) is 30.1 Å². The van der Waals surface area contributed by atoms with Gasteiger partial charge >= 0.3 is 0 Å². The van der Waals surface area contributed by atoms with Gasteiger partial charge in [-0.1, -0.05) is 24.3 Å². The lowest BCUT2D eigenvalue weighted by Gasteiger charge is -2.14. The van der Waals surface area contributed by atoms with Gasteiger partial charge in [-0.05, 0) is 36.6 Å². The minimum absolute atomic E-state index is 0.0150. The number of nitro groups is 1. The largest absolute Gasteiger partial charge is 0.491 e. The Morgan fingerprint density at radius 1 is 1.22 bits per heavy atom. The minimum Gasteiger partial charge on any atom is -0.491 e. The molecule has 0 saturated heterocycles. The Balaban J connectivity index is 1.55. The van der Waals surface area contributed by atoms with E-state index >= 15 is 0 Å². The number of rotatable bonds is 7. The number of hydrogen-bond donors (Lipinski definition) is 1. The van der Waals surface area contributed by atoms with Crippen molar-refractivity contribution in [3.05, 3.63) is 85.8 Å². The molecule has 0 aliphatic carbocycles. The summed E-state index contributed by atoms with van der Waals surface area (Å²) < 4.78 is 6.83. The predicted octanol–water partition coefficient (Wildman–Crippen LogP) is 4.09. The standard InChI is InChI=1S/C23H21N3O5S/c1-14-6-7-16(8-15(14)2)20-12-32-22-21(20)23(28)25(13-24-22)10-18(27)11-31-19-5-3-4-17(9-19)26(29)30/h3-9,12-13,18,27H,10-11H2,1-2H3/t18-/m0/s1. The summed E-state index contributed by atoms with van der Waals surface area (Å²) in [6, 6.07) is 11.8. The molecule has 0 unspecified atom stereocenters. The van der Waals surface area contributed by atoms with E-state index < -0.39 is 11.0 Å². The van der Waals surface area contributed by atoms with Crippen molar-refractivity contribution in [1.29, 1.82) is 0 Å². The summed E-state index contributed by atoms with van der Waals surface area (Å²) in [6.45, 7) is 3.93. The Morgan fingerprint density at radius 2 is 2.03 bits per heavy atom. The van der Waals surface area contributed by atoms with Crippen LogP contribution in [-0.2, 0) is 6.54 Å². The highest BCUT2D eigenvalue weighted by Gasteiger charge is 2.16. The lowest BCUT2D eigenvalue weighted by atomic mass is 10.0. The van der Waals surface area contributed by atoms with Crippen LogP contribution in [0.5, 0.6) is 5.75 Å². The molecule has 0 bridgehead atoms. The van der Waals surface area contributed by atoms with Gasteiger partial charge in [-0.25, -0.2) is 4.98 Å². The first-order valence-electron chi connectivity index (χ1n) is 9.93. The van der Waals surface area contributed by atoms with Crippen LogP contribution in [0.15, 0.2) is 59.0 Å². The highest BCUT2D eigenvalue weighted by Crippen LogP contribution is 2.31. The number of hydrogen-bond acceptors (Lipinski definition) is 7. The van der Waals surface area contributed by atoms with E-state index in [0.717, 1.165) is 16.7 Å². The lowest BCUT2D eigenvalue weighted by Crippen LogP contribution is -2.30. The molecule has 4 rings (SSSR count). The van der Waals surface area contributed by atoms with Crippen LogP contribution in [0, 0.1) is 24.0 Å². The number of aromatic nitrogens is 2. The van der Waals surface area contributed by atoms with Crippen molar-refractivity contribution in [1.82, 2.24) is 9.55 Å². The van der Waals surface area contributed by atoms with Crippen LogP contribution in [0.3, 0.4) is 0 Å². The lowest BCUT2D eigenvalue weighted by molar-refractivity contribution is -0.384. The number of non-ortho nitro benzene ring substituents is 1. The summed E-state index contributed by atoms with van der Waals surface area (Å²) in [4.78, 5) is 28.6. The second kappa shape index (κ2) is 8.89. The molecule has 0 aliphatic rings. The van der Waals surface area contributed by atoms with Crippen LogP contribution < -0.4 is 10.3 Å². The van der Waals surface area contributed by atoms with E-state index in [4.69, 9.17) is 4.74 Å². The molecule has 164 valence electrons. The minimum atomic E-state index is -1.00. The molecular weight excluding hydrogens is 430 g/mol. The van der Waals surface area contributed by atoms with E-state index in [1.54, 1.807) is 6.07 Å². The smallest absolute Gasteiger partial charge is 0.273 e. The molecule has 0 saturated carbocycles. The zero-order valence-electron chi connectivity index (χ0n) is 17.5. The fourth-order valence-electron chi connectivity index (χ4n) is 3.38. The fraction of sp³-hybridized carbons (Fsp3) is 0.217. The van der Waals surface area contributed by atoms with E-state index in [0.29, 0.717) is 10.2 Å². The summed E-state index contributed by atoms with van der Waals surface area (Å²) in [5.41, 5.74) is 3.75. The second-order valence-corrected chi connectivity index (χ2v) is 8.41. The molecule has 0 radical (unpaired) electrons. The predicted molar refractivity (Wildman–Crippen MR) is 123 cm³/mol. The van der Waals surface area contributed by atoms with Gasteiger partial charge in [0.15, 0.2) is 0 Å². The molecule has 1 atom stereocenters. The quantitative estimate of drug-likeness (QED) is 0.335. The Kier molecular flexibility index (Phi) is 6.02. The summed E-state index contributed by atoms with van der Waals surface area (Å²) in [6.07, 6.45) is 0.414. The molecule has 2 aromatic carbocycles. The number of aliphatic hydroxyl groups is 1. The molecule has 2 heterocycles. The summed E-state index contributed by atoms with van der Waals surface area (Å²) >= 11 is 1.41. The first kappa shape index (κ1) is 21.7. The number of fused-ring (bicyclic) bond motifs is 1. The van der Waals surface area contributed by atoms with Gasteiger partial charge in [0.05, 0.1) is 29.2 Å². The first-order chi connectivity index (χ1) is 15.3. The monoisotopic (exact) mass is 451 g/mol. The average molecular weight is 452 g/mol. The maximum atomic E-state index is 13.2. The third-order valence-corrected chi connectivity index (χ3v) is 6.14. The fourth-order valence-corrected chi connectivity index (χ4v) is 4.28. The first-order valence-corrected chi connectivity index (χ1v) is 10.8. The molecular formula is C23H21N3O5S. The Labute approximate surface area is 187 Å². The van der Waals surface area contributed by atoms with Crippen LogP contribution >= 0.6 is 11.3 Å². The SMILES string of the molecule is Cc1ccc(-c2csc3ncn(C[C@H](O)COc4cccc([N+](=O)[O-])c4)c(=O)c23)cc1C. The van der Waals surface area contributed by atoms with Crippen LogP contribution in [-0.4, -0.2) is 32.3 Å². The van der Waals surface area contributed by atoms with Crippen molar-refractivity contribution in [2.45, 2.75) is 26.5 Å². The Bertz CT molecular complexity index is 1360. The van der Waals surface area contributed by atoms with Gasteiger partial charge in [-0.3, -0.25) is 19.5 Å². The Hall–Kier alpha value is -3.56. The number of nitro benzene ring substituents is 1. The summed E-state index contributed by atoms with van der Waals surface area (Å²) in [5, 5.41) is 23.7. The maximum Gasteiger partial charge on any atom is 0.273 e. The number of ether oxygens (including phenoxy) is 1. The molecule has 0 fully saturated rings. The number of aliphatic hydroxyl groups excluding tert-OH is 1. The zero-order chi connectivity index (χ0) is 22.8. The third kappa shape index (κ3) is 4.39. The van der Waals surface area contributed by atoms with Gasteiger partial charge in [-0.15, -0.1) is 11.3 Å². The average Bonchev–Trinajstić information content (AvgIpc) is 3.21. The molecule has 4 aromatic rings. The summed E-state index contributed by atoms with van der Waals surface area (Å²) in [7, 11) is 0. The number of nitrogens with zero attached hydrogens (tertiary/aromatic N) is 3. The highest BCUT2D eigenvalue weighted by molar-refractivity contribution is 7.17. The number of thiophene rings is 1. The second-order valence-electron chi connectivity index (χ2n) is 7.55. The van der Waals surface area contributed by atoms with Crippen molar-refractivity contribution < 1.29 is 14.8 Å². The molecule has 2 aromatic heterocycles. The van der Waals surface area contributed by atoms with Gasteiger partial charge in [0.1, 0.15) is 23.3 Å². The van der Waals surface area contributed by atoms with E-state index in [9.17, 15) is 20.0 Å². The molecule has 32 heavy (non-hydrogen) atoms. The van der Waals surface area contributed by atoms with E-state index in [1.165, 1.54) is 46.0 Å². The van der Waals surface area contributed by atoms with Gasteiger partial charge in [0.2, 0.25) is 0 Å². The number of aryl methyl sites for hydroxylation is 2. The van der Waals surface area contributed by atoms with Gasteiger partial charge in [0, 0.05) is 17.0 Å². The number of benzene rings is 2. The van der Waals surface area contributed by atoms with Crippen LogP contribution in [0.4, 0.5) is 5.69 Å². The molecule has 0 aliphatic heterocycles. The van der Waals surface area contributed by atoms with E-state index in [1.807, 2.05) is 31.4 Å². The van der Waals surface area contributed by atoms with Crippen LogP contribution in [0.1, 0.15) is 11.1 Å². The summed E-state index contributed by atoms with van der Waals surface area (Å²) in [5.74, 6) is 0.272. The molecule has 9 heteroatoms. The van der Waals surface area contributed by atoms with Crippen LogP contribution in [0.25, 0.3) is 21.3 Å². The van der Waals surface area contributed by atoms with Crippen molar-refractivity contribution >= 4 is 27.2 Å². The zero-order valence-corrected chi connectivity index (χ0v) is 18.3. The van der Waals surface area contributed by atoms with Crippen molar-refractivity contribution in [2.24, 2.45) is 0 Å². The van der Waals surface area contributed by atoms with Gasteiger partial charge < -0.3 is 9.84 Å². The van der Waals surface area contributed by atoms with E-state index in [2.05, 4.69) is 11.1 Å². The van der Waals surface area contributed by atoms with Gasteiger partial charge in [0.25, 0.3) is 11.2 Å². The highest BCUT2D eigenvalue weighted by atomic mass is 32.1. The molecule has 8 nitrogen and oxygen atoms in total. The molecule has 0 amide bonds. The van der Waals surface area contributed by atoms with Crippen molar-refractivity contribution in [2.75, 3.05) is 6.61 Å². The van der Waals surface area contributed by atoms with Gasteiger partial charge in [-0.2, -0.15) is 0 Å². The normalized spacial score (nSPS) is 12.1. The maximum absolute atomic E-state index is 13.2. The Morgan fingerprint density at radius 3 is 2.78 bits per heavy atom. The topological polar surface area (TPSA) is 107 Å². The van der Waals surface area contributed by atoms with Crippen molar-refractivity contribution in [3.8, 4) is 16.9 Å². The third-order valence-electron chi connectivity index (χ3n) is 5.26. The van der Waals surface area contributed by atoms with Crippen molar-refractivity contribution in [3.63, 3.8) is 0 Å².